The maximum Gasteiger partial charge on any atom is 0.404 e. The summed E-state index contributed by atoms with van der Waals surface area (Å²) in [5.74, 6) is -1.96. The first-order chi connectivity index (χ1) is 23.9. The average Bonchev–Trinajstić information content (AvgIpc) is 3.67. The molecule has 264 valence electrons. The molecule has 0 bridgehead atoms. The van der Waals surface area contributed by atoms with E-state index in [0.717, 1.165) is 16.6 Å². The van der Waals surface area contributed by atoms with Gasteiger partial charge in [0.15, 0.2) is 5.83 Å². The van der Waals surface area contributed by atoms with Gasteiger partial charge in [-0.15, -0.1) is 0 Å². The van der Waals surface area contributed by atoms with Gasteiger partial charge >= 0.3 is 12.2 Å². The van der Waals surface area contributed by atoms with Crippen molar-refractivity contribution in [3.05, 3.63) is 76.3 Å². The molecule has 7 rings (SSSR count). The third-order valence-electron chi connectivity index (χ3n) is 10.6. The normalized spacial score (nSPS) is 23.9. The quantitative estimate of drug-likeness (QED) is 0.161. The van der Waals surface area contributed by atoms with E-state index in [0.29, 0.717) is 55.7 Å². The number of nitrogens with zero attached hydrogens (tertiary/aromatic N) is 7. The minimum atomic E-state index is -4.33. The molecule has 4 aliphatic heterocycles. The fourth-order valence-corrected chi connectivity index (χ4v) is 8.52. The third kappa shape index (κ3) is 6.08. The molecule has 9 nitrogen and oxygen atoms in total. The van der Waals surface area contributed by atoms with Crippen LogP contribution in [-0.4, -0.2) is 95.3 Å². The predicted octanol–water partition coefficient (Wildman–Crippen LogP) is 6.34. The lowest BCUT2D eigenvalue weighted by Gasteiger charge is -2.41. The number of rotatable bonds is 7. The van der Waals surface area contributed by atoms with Crippen LogP contribution < -0.4 is 14.5 Å². The van der Waals surface area contributed by atoms with E-state index in [-0.39, 0.29) is 56.8 Å². The van der Waals surface area contributed by atoms with Crippen LogP contribution in [0.15, 0.2) is 42.7 Å². The van der Waals surface area contributed by atoms with Crippen LogP contribution in [0.2, 0.25) is 5.02 Å². The molecule has 2 unspecified atom stereocenters. The molecule has 3 aromatic rings. The van der Waals surface area contributed by atoms with Crippen molar-refractivity contribution in [2.45, 2.75) is 62.4 Å². The second-order valence-electron chi connectivity index (χ2n) is 13.4. The first-order valence-corrected chi connectivity index (χ1v) is 17.0. The Hall–Kier alpha value is -4.22. The average molecular weight is 716 g/mol. The van der Waals surface area contributed by atoms with Crippen LogP contribution in [0.1, 0.15) is 36.9 Å². The van der Waals surface area contributed by atoms with E-state index < -0.39 is 41.4 Å². The fourth-order valence-electron chi connectivity index (χ4n) is 8.25. The molecule has 0 spiro atoms. The van der Waals surface area contributed by atoms with Gasteiger partial charge < -0.3 is 24.3 Å². The fraction of sp³-hybridized carbons (Fsp3) is 0.486. The van der Waals surface area contributed by atoms with E-state index in [4.69, 9.17) is 32.9 Å². The van der Waals surface area contributed by atoms with Crippen LogP contribution in [0.25, 0.3) is 15.6 Å². The SMILES string of the molecule is [C-]#[N+]C[C@H]1CN(c2nc(OCC34CCCN3C(C(F)(F)F)CC4)nc3c2CCN(c2cccc4ccc(F)c(Cl)c24)C3)CCN1C(=O)C(=C)F. The summed E-state index contributed by atoms with van der Waals surface area (Å²) in [4.78, 5) is 32.5. The Morgan fingerprint density at radius 1 is 1.12 bits per heavy atom. The Bertz CT molecular complexity index is 1890. The summed E-state index contributed by atoms with van der Waals surface area (Å²) in [6, 6.07) is 6.45. The number of fused-ring (bicyclic) bond motifs is 3. The highest BCUT2D eigenvalue weighted by Crippen LogP contribution is 2.47. The van der Waals surface area contributed by atoms with E-state index in [2.05, 4.69) is 11.4 Å². The standard InChI is InChI=1S/C35H35ClF5N7O2/c1-21(37)32(49)47-16-15-46(18-23(47)17-42-2)31-24-10-14-45(27-6-3-5-22-7-8-25(38)30(36)29(22)27)19-26(24)43-33(44-31)50-20-34-11-4-13-48(34)28(9-12-34)35(39,40)41/h3,5-8,23,28H,1,4,9-20H2/t23-,28?,34?/m0/s1. The molecule has 0 saturated carbocycles. The van der Waals surface area contributed by atoms with Gasteiger partial charge in [-0.2, -0.15) is 23.1 Å². The lowest BCUT2D eigenvalue weighted by Crippen LogP contribution is -2.57. The summed E-state index contributed by atoms with van der Waals surface area (Å²) in [7, 11) is 0. The summed E-state index contributed by atoms with van der Waals surface area (Å²) < 4.78 is 76.4. The summed E-state index contributed by atoms with van der Waals surface area (Å²) in [6.07, 6.45) is -2.31. The summed E-state index contributed by atoms with van der Waals surface area (Å²) >= 11 is 6.47. The molecule has 15 heteroatoms. The number of alkyl halides is 3. The Balaban J connectivity index is 1.23. The highest BCUT2D eigenvalue weighted by molar-refractivity contribution is 6.36. The van der Waals surface area contributed by atoms with E-state index in [9.17, 15) is 26.7 Å². The molecule has 3 saturated heterocycles. The maximum atomic E-state index is 14.6. The Morgan fingerprint density at radius 3 is 2.70 bits per heavy atom. The topological polar surface area (TPSA) is 69.4 Å². The zero-order valence-electron chi connectivity index (χ0n) is 27.2. The van der Waals surface area contributed by atoms with Gasteiger partial charge in [-0.05, 0) is 56.2 Å². The smallest absolute Gasteiger partial charge is 0.404 e. The van der Waals surface area contributed by atoms with E-state index >= 15 is 0 Å². The van der Waals surface area contributed by atoms with Crippen molar-refractivity contribution >= 4 is 39.8 Å². The van der Waals surface area contributed by atoms with E-state index in [1.807, 2.05) is 28.0 Å². The van der Waals surface area contributed by atoms with Gasteiger partial charge in [0.1, 0.15) is 30.3 Å². The Labute approximate surface area is 291 Å². The lowest BCUT2D eigenvalue weighted by atomic mass is 9.95. The van der Waals surface area contributed by atoms with E-state index in [1.165, 1.54) is 15.9 Å². The number of carbonyl (C=O) groups is 1. The molecule has 1 amide bonds. The summed E-state index contributed by atoms with van der Waals surface area (Å²) in [5.41, 5.74) is 1.39. The van der Waals surface area contributed by atoms with Crippen molar-refractivity contribution in [1.29, 1.82) is 0 Å². The van der Waals surface area contributed by atoms with Crippen LogP contribution in [0.3, 0.4) is 0 Å². The number of benzene rings is 2. The van der Waals surface area contributed by atoms with Crippen molar-refractivity contribution in [2.75, 3.05) is 55.7 Å². The van der Waals surface area contributed by atoms with Crippen LogP contribution >= 0.6 is 11.6 Å². The number of halogens is 6. The van der Waals surface area contributed by atoms with Gasteiger partial charge in [0.25, 0.3) is 5.91 Å². The van der Waals surface area contributed by atoms with Gasteiger partial charge in [-0.1, -0.05) is 36.4 Å². The molecule has 0 radical (unpaired) electrons. The molecule has 2 aromatic carbocycles. The second kappa shape index (κ2) is 13.2. The molecule has 0 aliphatic carbocycles. The number of anilines is 2. The number of piperazine rings is 1. The van der Waals surface area contributed by atoms with Crippen molar-refractivity contribution in [3.8, 4) is 6.01 Å². The molecular formula is C35H35ClF5N7O2. The Morgan fingerprint density at radius 2 is 1.94 bits per heavy atom. The molecule has 3 fully saturated rings. The number of hydrogen-bond acceptors (Lipinski definition) is 7. The number of ether oxygens (including phenoxy) is 1. The molecule has 0 N–H and O–H groups in total. The van der Waals surface area contributed by atoms with E-state index in [1.54, 1.807) is 6.07 Å². The molecule has 1 aromatic heterocycles. The van der Waals surface area contributed by atoms with Crippen molar-refractivity contribution in [1.82, 2.24) is 19.8 Å². The number of hydrogen-bond donors (Lipinski definition) is 0. The first kappa shape index (κ1) is 34.2. The highest BCUT2D eigenvalue weighted by Gasteiger charge is 2.58. The molecule has 50 heavy (non-hydrogen) atoms. The number of aromatic nitrogens is 2. The van der Waals surface area contributed by atoms with Gasteiger partial charge in [0.2, 0.25) is 6.54 Å². The molecular weight excluding hydrogens is 681 g/mol. The summed E-state index contributed by atoms with van der Waals surface area (Å²) in [6.45, 7) is 12.3. The predicted molar refractivity (Wildman–Crippen MR) is 178 cm³/mol. The largest absolute Gasteiger partial charge is 0.461 e. The highest BCUT2D eigenvalue weighted by atomic mass is 35.5. The molecule has 5 heterocycles. The van der Waals surface area contributed by atoms with Crippen LogP contribution in [-0.2, 0) is 17.8 Å². The van der Waals surface area contributed by atoms with Crippen molar-refractivity contribution in [3.63, 3.8) is 0 Å². The Kier molecular flexibility index (Phi) is 9.01. The number of carbonyl (C=O) groups excluding carboxylic acids is 1. The van der Waals surface area contributed by atoms with Gasteiger partial charge in [-0.25, -0.2) is 15.4 Å². The van der Waals surface area contributed by atoms with Crippen molar-refractivity contribution in [2.24, 2.45) is 0 Å². The van der Waals surface area contributed by atoms with Crippen LogP contribution in [0.4, 0.5) is 33.5 Å². The minimum absolute atomic E-state index is 0.00302. The monoisotopic (exact) mass is 715 g/mol. The third-order valence-corrected chi connectivity index (χ3v) is 11.0. The first-order valence-electron chi connectivity index (χ1n) is 16.6. The maximum absolute atomic E-state index is 14.6. The zero-order chi connectivity index (χ0) is 35.4. The van der Waals surface area contributed by atoms with Crippen molar-refractivity contribution < 1.29 is 31.5 Å². The molecule has 4 aliphatic rings. The van der Waals surface area contributed by atoms with Gasteiger partial charge in [0, 0.05) is 42.8 Å². The van der Waals surface area contributed by atoms with Gasteiger partial charge in [-0.3, -0.25) is 9.69 Å². The lowest BCUT2D eigenvalue weighted by molar-refractivity contribution is -0.182. The summed E-state index contributed by atoms with van der Waals surface area (Å²) in [5, 5.41) is 1.36. The minimum Gasteiger partial charge on any atom is -0.461 e. The van der Waals surface area contributed by atoms with Crippen LogP contribution in [0, 0.1) is 12.4 Å². The van der Waals surface area contributed by atoms with Crippen LogP contribution in [0.5, 0.6) is 6.01 Å². The second-order valence-corrected chi connectivity index (χ2v) is 13.8. The zero-order valence-corrected chi connectivity index (χ0v) is 27.9. The molecule has 3 atom stereocenters. The number of amides is 1. The van der Waals surface area contributed by atoms with Gasteiger partial charge in [0.05, 0.1) is 22.8 Å².